The lowest BCUT2D eigenvalue weighted by molar-refractivity contribution is -0.384. The third-order valence-electron chi connectivity index (χ3n) is 5.54. The molecule has 1 amide bonds. The number of carbonyl (C=O) groups excluding carboxylic acids is 2. The molecule has 0 spiro atoms. The number of amides is 1. The van der Waals surface area contributed by atoms with Crippen molar-refractivity contribution in [2.24, 2.45) is 0 Å². The zero-order valence-electron chi connectivity index (χ0n) is 17.3. The molecule has 1 saturated heterocycles. The number of halogens is 1. The van der Waals surface area contributed by atoms with Crippen molar-refractivity contribution in [3.05, 3.63) is 116 Å². The van der Waals surface area contributed by atoms with E-state index >= 15 is 0 Å². The molecule has 0 bridgehead atoms. The molecule has 1 atom stereocenters. The van der Waals surface area contributed by atoms with Gasteiger partial charge in [0.05, 0.1) is 16.5 Å². The number of benzene rings is 3. The van der Waals surface area contributed by atoms with E-state index in [0.717, 1.165) is 5.56 Å². The van der Waals surface area contributed by atoms with E-state index in [1.165, 1.54) is 23.1 Å². The second kappa shape index (κ2) is 9.26. The average molecular weight is 463 g/mol. The van der Waals surface area contributed by atoms with Crippen LogP contribution in [0.2, 0.25) is 5.02 Å². The molecule has 3 aromatic rings. The summed E-state index contributed by atoms with van der Waals surface area (Å²) < 4.78 is 0. The lowest BCUT2D eigenvalue weighted by Crippen LogP contribution is -2.31. The molecule has 8 heteroatoms. The van der Waals surface area contributed by atoms with E-state index in [2.05, 4.69) is 0 Å². The van der Waals surface area contributed by atoms with Crippen molar-refractivity contribution >= 4 is 34.7 Å². The van der Waals surface area contributed by atoms with Crippen LogP contribution in [0.4, 0.5) is 5.69 Å². The second-order valence-electron chi connectivity index (χ2n) is 7.59. The number of nitro benzene ring substituents is 1. The fourth-order valence-electron chi connectivity index (χ4n) is 3.92. The smallest absolute Gasteiger partial charge is 0.295 e. The summed E-state index contributed by atoms with van der Waals surface area (Å²) in [6, 6.07) is 20.4. The molecular weight excluding hydrogens is 444 g/mol. The van der Waals surface area contributed by atoms with Gasteiger partial charge in [-0.1, -0.05) is 54.1 Å². The van der Waals surface area contributed by atoms with Crippen LogP contribution in [0.3, 0.4) is 0 Å². The first-order chi connectivity index (χ1) is 15.9. The number of aliphatic hydroxyl groups excluding tert-OH is 1. The first-order valence-corrected chi connectivity index (χ1v) is 10.6. The topological polar surface area (TPSA) is 101 Å². The van der Waals surface area contributed by atoms with Crippen molar-refractivity contribution in [1.82, 2.24) is 4.90 Å². The highest BCUT2D eigenvalue weighted by atomic mass is 35.5. The van der Waals surface area contributed by atoms with Crippen LogP contribution in [0, 0.1) is 10.1 Å². The third-order valence-corrected chi connectivity index (χ3v) is 5.79. The number of non-ortho nitro benzene ring substituents is 1. The van der Waals surface area contributed by atoms with Gasteiger partial charge in [0.2, 0.25) is 0 Å². The van der Waals surface area contributed by atoms with Crippen molar-refractivity contribution in [3.63, 3.8) is 0 Å². The van der Waals surface area contributed by atoms with E-state index in [4.69, 9.17) is 11.6 Å². The van der Waals surface area contributed by atoms with Crippen molar-refractivity contribution in [3.8, 4) is 0 Å². The van der Waals surface area contributed by atoms with Gasteiger partial charge in [0.1, 0.15) is 5.76 Å². The molecule has 166 valence electrons. The normalized spacial score (nSPS) is 17.4. The van der Waals surface area contributed by atoms with Gasteiger partial charge >= 0.3 is 0 Å². The Labute approximate surface area is 194 Å². The highest BCUT2D eigenvalue weighted by Crippen LogP contribution is 2.40. The van der Waals surface area contributed by atoms with E-state index in [1.807, 2.05) is 30.3 Å². The molecule has 0 unspecified atom stereocenters. The Morgan fingerprint density at radius 2 is 1.70 bits per heavy atom. The number of rotatable bonds is 6. The van der Waals surface area contributed by atoms with Crippen LogP contribution in [0.25, 0.3) is 5.76 Å². The average Bonchev–Trinajstić information content (AvgIpc) is 3.08. The van der Waals surface area contributed by atoms with E-state index in [0.29, 0.717) is 22.6 Å². The summed E-state index contributed by atoms with van der Waals surface area (Å²) in [7, 11) is 0. The number of ketones is 1. The fraction of sp³-hybridized carbons (Fsp3) is 0.120. The summed E-state index contributed by atoms with van der Waals surface area (Å²) in [5.41, 5.74) is 1.36. The minimum absolute atomic E-state index is 0.115. The molecule has 4 rings (SSSR count). The minimum Gasteiger partial charge on any atom is -0.507 e. The monoisotopic (exact) mass is 462 g/mol. The summed E-state index contributed by atoms with van der Waals surface area (Å²) in [5, 5.41) is 22.8. The summed E-state index contributed by atoms with van der Waals surface area (Å²) in [5.74, 6) is -1.96. The number of hydrogen-bond donors (Lipinski definition) is 1. The predicted molar refractivity (Wildman–Crippen MR) is 124 cm³/mol. The van der Waals surface area contributed by atoms with Gasteiger partial charge in [-0.15, -0.1) is 0 Å². The molecule has 0 radical (unpaired) electrons. The van der Waals surface area contributed by atoms with Gasteiger partial charge in [-0.2, -0.15) is 0 Å². The SMILES string of the molecule is O=C1C(=O)N(CCc2ccccc2)[C@@H](c2cccc([N+](=O)[O-])c2)C1=C(O)c1ccc(Cl)cc1. The molecule has 0 saturated carbocycles. The lowest BCUT2D eigenvalue weighted by Gasteiger charge is -2.25. The van der Waals surface area contributed by atoms with Crippen molar-refractivity contribution in [2.75, 3.05) is 6.54 Å². The minimum atomic E-state index is -0.968. The fourth-order valence-corrected chi connectivity index (χ4v) is 4.05. The molecule has 33 heavy (non-hydrogen) atoms. The number of nitrogens with zero attached hydrogens (tertiary/aromatic N) is 2. The molecule has 1 N–H and O–H groups in total. The zero-order chi connectivity index (χ0) is 23.5. The van der Waals surface area contributed by atoms with E-state index in [1.54, 1.807) is 30.3 Å². The van der Waals surface area contributed by atoms with Crippen LogP contribution in [-0.4, -0.2) is 33.2 Å². The van der Waals surface area contributed by atoms with Gasteiger partial charge in [-0.05, 0) is 41.8 Å². The van der Waals surface area contributed by atoms with Crippen molar-refractivity contribution < 1.29 is 19.6 Å². The third kappa shape index (κ3) is 4.49. The van der Waals surface area contributed by atoms with Crippen LogP contribution in [0.1, 0.15) is 22.7 Å². The Bertz CT molecular complexity index is 1260. The maximum absolute atomic E-state index is 13.0. The number of carbonyl (C=O) groups is 2. The highest BCUT2D eigenvalue weighted by molar-refractivity contribution is 6.46. The summed E-state index contributed by atoms with van der Waals surface area (Å²) in [4.78, 5) is 38.2. The molecule has 7 nitrogen and oxygen atoms in total. The maximum atomic E-state index is 13.0. The molecular formula is C25H19ClN2O5. The van der Waals surface area contributed by atoms with Crippen LogP contribution in [0.15, 0.2) is 84.4 Å². The van der Waals surface area contributed by atoms with Gasteiger partial charge in [0.15, 0.2) is 0 Å². The first kappa shape index (κ1) is 22.2. The van der Waals surface area contributed by atoms with Crippen LogP contribution < -0.4 is 0 Å². The van der Waals surface area contributed by atoms with Crippen molar-refractivity contribution in [1.29, 1.82) is 0 Å². The molecule has 0 aliphatic carbocycles. The van der Waals surface area contributed by atoms with E-state index < -0.39 is 22.7 Å². The second-order valence-corrected chi connectivity index (χ2v) is 8.02. The van der Waals surface area contributed by atoms with Crippen LogP contribution >= 0.6 is 11.6 Å². The first-order valence-electron chi connectivity index (χ1n) is 10.2. The Morgan fingerprint density at radius 1 is 1.00 bits per heavy atom. The number of Topliss-reactive ketones (excluding diaryl/α,β-unsaturated/α-hetero) is 1. The van der Waals surface area contributed by atoms with Gasteiger partial charge in [-0.25, -0.2) is 0 Å². The van der Waals surface area contributed by atoms with Crippen molar-refractivity contribution in [2.45, 2.75) is 12.5 Å². The number of nitro groups is 1. The summed E-state index contributed by atoms with van der Waals surface area (Å²) in [6.45, 7) is 0.194. The Morgan fingerprint density at radius 3 is 2.36 bits per heavy atom. The van der Waals surface area contributed by atoms with Gasteiger partial charge in [0.25, 0.3) is 17.4 Å². The van der Waals surface area contributed by atoms with Gasteiger partial charge in [-0.3, -0.25) is 19.7 Å². The van der Waals surface area contributed by atoms with E-state index in [-0.39, 0.29) is 23.6 Å². The molecule has 1 fully saturated rings. The predicted octanol–water partition coefficient (Wildman–Crippen LogP) is 4.91. The number of likely N-dealkylation sites (tertiary alicyclic amines) is 1. The maximum Gasteiger partial charge on any atom is 0.295 e. The Hall–Kier alpha value is -3.97. The molecule has 1 aliphatic heterocycles. The van der Waals surface area contributed by atoms with E-state index in [9.17, 15) is 24.8 Å². The quantitative estimate of drug-likeness (QED) is 0.184. The Balaban J connectivity index is 1.82. The summed E-state index contributed by atoms with van der Waals surface area (Å²) >= 11 is 5.93. The van der Waals surface area contributed by atoms with Gasteiger partial charge in [0, 0.05) is 29.3 Å². The lowest BCUT2D eigenvalue weighted by atomic mass is 9.95. The highest BCUT2D eigenvalue weighted by Gasteiger charge is 2.46. The molecule has 1 heterocycles. The zero-order valence-corrected chi connectivity index (χ0v) is 18.1. The largest absolute Gasteiger partial charge is 0.507 e. The Kier molecular flexibility index (Phi) is 6.24. The number of hydrogen-bond acceptors (Lipinski definition) is 5. The molecule has 0 aromatic heterocycles. The molecule has 1 aliphatic rings. The van der Waals surface area contributed by atoms with Crippen LogP contribution in [0.5, 0.6) is 0 Å². The summed E-state index contributed by atoms with van der Waals surface area (Å²) in [6.07, 6.45) is 0.472. The molecule has 3 aromatic carbocycles. The number of aliphatic hydroxyl groups is 1. The standard InChI is InChI=1S/C25H19ClN2O5/c26-19-11-9-17(10-12-19)23(29)21-22(18-7-4-8-20(15-18)28(32)33)27(25(31)24(21)30)14-13-16-5-2-1-3-6-16/h1-12,15,22,29H,13-14H2/t22-/m0/s1. The van der Waals surface area contributed by atoms with Crippen LogP contribution in [-0.2, 0) is 16.0 Å². The van der Waals surface area contributed by atoms with Gasteiger partial charge < -0.3 is 10.0 Å².